The minimum absolute atomic E-state index is 0.0167. The summed E-state index contributed by atoms with van der Waals surface area (Å²) in [7, 11) is 0. The summed E-state index contributed by atoms with van der Waals surface area (Å²) in [6.07, 6.45) is 1.54. The van der Waals surface area contributed by atoms with Crippen molar-refractivity contribution in [3.8, 4) is 0 Å². The van der Waals surface area contributed by atoms with Crippen LogP contribution in [0.2, 0.25) is 0 Å². The van der Waals surface area contributed by atoms with Crippen molar-refractivity contribution in [3.05, 3.63) is 86.9 Å². The zero-order valence-electron chi connectivity index (χ0n) is 16.4. The van der Waals surface area contributed by atoms with Gasteiger partial charge < -0.3 is 14.5 Å². The first kappa shape index (κ1) is 20.1. The monoisotopic (exact) mass is 391 g/mol. The standard InChI is InChI=1S/C23H21NO5/c1-14-9-10-19-18(12-21(26)29-22(19)15(14)2)13-28-23(27)20(24-16(3)25)11-17-7-5-4-6-8-17/h4-12H,13H2,1-3H3,(H,24,25)/b20-11-. The van der Waals surface area contributed by atoms with Crippen LogP contribution in [0, 0.1) is 13.8 Å². The van der Waals surface area contributed by atoms with E-state index in [1.54, 1.807) is 12.1 Å². The smallest absolute Gasteiger partial charge is 0.355 e. The zero-order valence-corrected chi connectivity index (χ0v) is 16.4. The molecule has 0 unspecified atom stereocenters. The van der Waals surface area contributed by atoms with Crippen molar-refractivity contribution in [2.75, 3.05) is 0 Å². The lowest BCUT2D eigenvalue weighted by Gasteiger charge is -2.11. The molecule has 0 aliphatic rings. The minimum Gasteiger partial charge on any atom is -0.456 e. The normalized spacial score (nSPS) is 11.3. The molecule has 0 bridgehead atoms. The Labute approximate surface area is 167 Å². The maximum Gasteiger partial charge on any atom is 0.355 e. The highest BCUT2D eigenvalue weighted by atomic mass is 16.5. The van der Waals surface area contributed by atoms with E-state index in [0.29, 0.717) is 16.5 Å². The average Bonchev–Trinajstić information content (AvgIpc) is 2.69. The Balaban J connectivity index is 1.89. The summed E-state index contributed by atoms with van der Waals surface area (Å²) in [4.78, 5) is 36.0. The van der Waals surface area contributed by atoms with Crippen LogP contribution in [0.4, 0.5) is 0 Å². The largest absolute Gasteiger partial charge is 0.456 e. The number of rotatable bonds is 5. The van der Waals surface area contributed by atoms with Gasteiger partial charge >= 0.3 is 11.6 Å². The average molecular weight is 391 g/mol. The van der Waals surface area contributed by atoms with Gasteiger partial charge in [0.15, 0.2) is 0 Å². The van der Waals surface area contributed by atoms with Gasteiger partial charge in [-0.05, 0) is 36.6 Å². The van der Waals surface area contributed by atoms with Crippen LogP contribution < -0.4 is 10.9 Å². The molecule has 0 spiro atoms. The summed E-state index contributed by atoms with van der Waals surface area (Å²) >= 11 is 0. The first-order valence-corrected chi connectivity index (χ1v) is 9.09. The number of fused-ring (bicyclic) bond motifs is 1. The first-order valence-electron chi connectivity index (χ1n) is 9.09. The SMILES string of the molecule is CC(=O)N/C(=C\c1ccccc1)C(=O)OCc1cc(=O)oc2c(C)c(C)ccc12. The summed E-state index contributed by atoms with van der Waals surface area (Å²) in [6.45, 7) is 4.98. The zero-order chi connectivity index (χ0) is 21.0. The summed E-state index contributed by atoms with van der Waals surface area (Å²) in [5.41, 5.74) is 3.11. The molecule has 1 N–H and O–H groups in total. The molecule has 148 valence electrons. The third kappa shape index (κ3) is 4.79. The fraction of sp³-hybridized carbons (Fsp3) is 0.174. The second kappa shape index (κ2) is 8.56. The number of amides is 1. The van der Waals surface area contributed by atoms with E-state index >= 15 is 0 Å². The molecule has 0 saturated carbocycles. The van der Waals surface area contributed by atoms with E-state index in [1.165, 1.54) is 19.1 Å². The maximum absolute atomic E-state index is 12.6. The third-order valence-electron chi connectivity index (χ3n) is 4.52. The van der Waals surface area contributed by atoms with Gasteiger partial charge in [0, 0.05) is 23.9 Å². The van der Waals surface area contributed by atoms with Crippen LogP contribution in [0.25, 0.3) is 17.0 Å². The topological polar surface area (TPSA) is 85.6 Å². The Bertz CT molecular complexity index is 1160. The first-order chi connectivity index (χ1) is 13.8. The van der Waals surface area contributed by atoms with Crippen molar-refractivity contribution in [1.29, 1.82) is 0 Å². The second-order valence-corrected chi connectivity index (χ2v) is 6.70. The molecule has 3 aromatic rings. The van der Waals surface area contributed by atoms with Crippen molar-refractivity contribution >= 4 is 28.9 Å². The van der Waals surface area contributed by atoms with Gasteiger partial charge in [-0.15, -0.1) is 0 Å². The molecule has 0 radical (unpaired) electrons. The molecule has 1 heterocycles. The van der Waals surface area contributed by atoms with Gasteiger partial charge in [0.1, 0.15) is 17.9 Å². The lowest BCUT2D eigenvalue weighted by molar-refractivity contribution is -0.141. The van der Waals surface area contributed by atoms with Crippen molar-refractivity contribution in [2.24, 2.45) is 0 Å². The molecule has 6 heteroatoms. The summed E-state index contributed by atoms with van der Waals surface area (Å²) in [6, 6.07) is 14.2. The van der Waals surface area contributed by atoms with E-state index in [0.717, 1.165) is 16.7 Å². The van der Waals surface area contributed by atoms with E-state index in [9.17, 15) is 14.4 Å². The Morgan fingerprint density at radius 3 is 2.52 bits per heavy atom. The highest BCUT2D eigenvalue weighted by molar-refractivity contribution is 5.97. The Hall–Kier alpha value is -3.67. The van der Waals surface area contributed by atoms with Gasteiger partial charge in [0.25, 0.3) is 0 Å². The summed E-state index contributed by atoms with van der Waals surface area (Å²) in [5.74, 6) is -1.09. The predicted molar refractivity (Wildman–Crippen MR) is 110 cm³/mol. The van der Waals surface area contributed by atoms with Crippen LogP contribution in [0.15, 0.2) is 63.4 Å². The van der Waals surface area contributed by atoms with E-state index in [-0.39, 0.29) is 18.2 Å². The van der Waals surface area contributed by atoms with E-state index < -0.39 is 11.6 Å². The predicted octanol–water partition coefficient (Wildman–Crippen LogP) is 3.63. The molecule has 0 aliphatic carbocycles. The molecule has 2 aromatic carbocycles. The lowest BCUT2D eigenvalue weighted by atomic mass is 10.0. The third-order valence-corrected chi connectivity index (χ3v) is 4.52. The number of hydrogen-bond donors (Lipinski definition) is 1. The van der Waals surface area contributed by atoms with Gasteiger partial charge in [-0.3, -0.25) is 4.79 Å². The molecule has 0 aliphatic heterocycles. The van der Waals surface area contributed by atoms with Crippen LogP contribution in [-0.4, -0.2) is 11.9 Å². The van der Waals surface area contributed by atoms with Gasteiger partial charge in [-0.1, -0.05) is 42.5 Å². The van der Waals surface area contributed by atoms with Crippen molar-refractivity contribution in [3.63, 3.8) is 0 Å². The van der Waals surface area contributed by atoms with Crippen molar-refractivity contribution in [1.82, 2.24) is 5.32 Å². The molecule has 6 nitrogen and oxygen atoms in total. The van der Waals surface area contributed by atoms with Gasteiger partial charge in [-0.25, -0.2) is 9.59 Å². The fourth-order valence-corrected chi connectivity index (χ4v) is 2.92. The molecule has 0 atom stereocenters. The molecular weight excluding hydrogens is 370 g/mol. The Morgan fingerprint density at radius 1 is 1.10 bits per heavy atom. The Morgan fingerprint density at radius 2 is 1.83 bits per heavy atom. The summed E-state index contributed by atoms with van der Waals surface area (Å²) < 4.78 is 10.7. The van der Waals surface area contributed by atoms with Crippen LogP contribution in [0.3, 0.4) is 0 Å². The number of hydrogen-bond acceptors (Lipinski definition) is 5. The van der Waals surface area contributed by atoms with Crippen LogP contribution in [-0.2, 0) is 20.9 Å². The van der Waals surface area contributed by atoms with E-state index in [4.69, 9.17) is 9.15 Å². The van der Waals surface area contributed by atoms with Gasteiger partial charge in [-0.2, -0.15) is 0 Å². The van der Waals surface area contributed by atoms with Crippen LogP contribution >= 0.6 is 0 Å². The molecule has 1 aromatic heterocycles. The molecule has 0 fully saturated rings. The van der Waals surface area contributed by atoms with Gasteiger partial charge in [0.05, 0.1) is 0 Å². The molecule has 1 amide bonds. The Kier molecular flexibility index (Phi) is 5.93. The molecular formula is C23H21NO5. The number of nitrogens with one attached hydrogen (secondary N) is 1. The lowest BCUT2D eigenvalue weighted by Crippen LogP contribution is -2.26. The maximum atomic E-state index is 12.6. The highest BCUT2D eigenvalue weighted by Gasteiger charge is 2.15. The molecule has 29 heavy (non-hydrogen) atoms. The van der Waals surface area contributed by atoms with Crippen molar-refractivity contribution < 1.29 is 18.7 Å². The number of aryl methyl sites for hydroxylation is 2. The van der Waals surface area contributed by atoms with E-state index in [1.807, 2.05) is 44.2 Å². The number of carbonyl (C=O) groups is 2. The fourth-order valence-electron chi connectivity index (χ4n) is 2.92. The van der Waals surface area contributed by atoms with Gasteiger partial charge in [0.2, 0.25) is 5.91 Å². The highest BCUT2D eigenvalue weighted by Crippen LogP contribution is 2.24. The number of carbonyl (C=O) groups excluding carboxylic acids is 2. The number of esters is 1. The van der Waals surface area contributed by atoms with Crippen molar-refractivity contribution in [2.45, 2.75) is 27.4 Å². The summed E-state index contributed by atoms with van der Waals surface area (Å²) in [5, 5.41) is 3.20. The molecule has 0 saturated heterocycles. The minimum atomic E-state index is -0.700. The van der Waals surface area contributed by atoms with Crippen LogP contribution in [0.1, 0.15) is 29.2 Å². The number of ether oxygens (including phenoxy) is 1. The quantitative estimate of drug-likeness (QED) is 0.408. The second-order valence-electron chi connectivity index (χ2n) is 6.70. The number of benzene rings is 2. The van der Waals surface area contributed by atoms with E-state index in [2.05, 4.69) is 5.32 Å². The molecule has 3 rings (SSSR count). The van der Waals surface area contributed by atoms with Crippen LogP contribution in [0.5, 0.6) is 0 Å².